The van der Waals surface area contributed by atoms with Crippen LogP contribution >= 0.6 is 0 Å². The average Bonchev–Trinajstić information content (AvgIpc) is 2.67. The zero-order chi connectivity index (χ0) is 18.4. The Balaban J connectivity index is 1.57. The number of hydrogen-bond acceptors (Lipinski definition) is 3. The first kappa shape index (κ1) is 18.3. The first-order valence-electron chi connectivity index (χ1n) is 9.44. The van der Waals surface area contributed by atoms with Crippen LogP contribution in [0.15, 0.2) is 42.5 Å². The number of para-hydroxylation sites is 1. The summed E-state index contributed by atoms with van der Waals surface area (Å²) in [5.41, 5.74) is 3.73. The Bertz CT molecular complexity index is 757. The summed E-state index contributed by atoms with van der Waals surface area (Å²) in [6, 6.07) is 13.9. The molecule has 1 aliphatic rings. The molecule has 26 heavy (non-hydrogen) atoms. The van der Waals surface area contributed by atoms with Crippen molar-refractivity contribution in [1.82, 2.24) is 5.32 Å². The number of nitrogens with one attached hydrogen (secondary N) is 1. The van der Waals surface area contributed by atoms with E-state index in [1.165, 1.54) is 24.0 Å². The number of amides is 1. The van der Waals surface area contributed by atoms with E-state index in [1.54, 1.807) is 6.92 Å². The molecule has 0 aliphatic heterocycles. The fraction of sp³-hybridized carbons (Fsp3) is 0.409. The molecule has 3 rings (SSSR count). The van der Waals surface area contributed by atoms with Crippen LogP contribution in [0.1, 0.15) is 43.4 Å². The van der Waals surface area contributed by atoms with E-state index in [-0.39, 0.29) is 5.91 Å². The maximum atomic E-state index is 12.4. The maximum Gasteiger partial charge on any atom is 0.261 e. The molecule has 1 atom stereocenters. The van der Waals surface area contributed by atoms with Crippen molar-refractivity contribution in [2.75, 3.05) is 6.61 Å². The molecule has 0 saturated heterocycles. The number of ether oxygens (including phenoxy) is 2. The van der Waals surface area contributed by atoms with E-state index in [2.05, 4.69) is 17.4 Å². The molecular formula is C22H27NO3. The molecule has 0 aromatic heterocycles. The predicted molar refractivity (Wildman–Crippen MR) is 103 cm³/mol. The molecule has 1 aliphatic carbocycles. The maximum absolute atomic E-state index is 12.4. The number of rotatable bonds is 7. The molecule has 2 aromatic carbocycles. The first-order valence-corrected chi connectivity index (χ1v) is 9.44. The molecule has 1 unspecified atom stereocenters. The Morgan fingerprint density at radius 3 is 2.69 bits per heavy atom. The Hall–Kier alpha value is -2.49. The number of carbonyl (C=O) groups is 1. The van der Waals surface area contributed by atoms with Gasteiger partial charge in [0.05, 0.1) is 6.61 Å². The third-order valence-corrected chi connectivity index (χ3v) is 4.73. The lowest BCUT2D eigenvalue weighted by atomic mass is 9.92. The van der Waals surface area contributed by atoms with Crippen LogP contribution in [0.4, 0.5) is 0 Å². The lowest BCUT2D eigenvalue weighted by molar-refractivity contribution is -0.127. The van der Waals surface area contributed by atoms with Crippen molar-refractivity contribution in [3.63, 3.8) is 0 Å². The smallest absolute Gasteiger partial charge is 0.261 e. The number of benzene rings is 2. The highest BCUT2D eigenvalue weighted by Gasteiger charge is 2.17. The highest BCUT2D eigenvalue weighted by molar-refractivity contribution is 5.80. The van der Waals surface area contributed by atoms with Gasteiger partial charge >= 0.3 is 0 Å². The third-order valence-electron chi connectivity index (χ3n) is 4.73. The second kappa shape index (κ2) is 8.75. The minimum absolute atomic E-state index is 0.131. The lowest BCUT2D eigenvalue weighted by Gasteiger charge is -2.19. The van der Waals surface area contributed by atoms with Gasteiger partial charge in [0.25, 0.3) is 5.91 Å². The van der Waals surface area contributed by atoms with Crippen LogP contribution in [0.3, 0.4) is 0 Å². The van der Waals surface area contributed by atoms with Crippen LogP contribution in [-0.4, -0.2) is 18.6 Å². The highest BCUT2D eigenvalue weighted by Crippen LogP contribution is 2.26. The van der Waals surface area contributed by atoms with Crippen molar-refractivity contribution in [3.8, 4) is 11.5 Å². The van der Waals surface area contributed by atoms with E-state index in [0.717, 1.165) is 29.9 Å². The molecule has 0 spiro atoms. The summed E-state index contributed by atoms with van der Waals surface area (Å²) in [6.45, 7) is 4.75. The summed E-state index contributed by atoms with van der Waals surface area (Å²) in [6.07, 6.45) is 4.18. The van der Waals surface area contributed by atoms with Crippen molar-refractivity contribution < 1.29 is 14.3 Å². The Morgan fingerprint density at radius 2 is 1.88 bits per heavy atom. The Labute approximate surface area is 155 Å². The van der Waals surface area contributed by atoms with Crippen LogP contribution in [0, 0.1) is 0 Å². The van der Waals surface area contributed by atoms with Gasteiger partial charge in [-0.2, -0.15) is 0 Å². The third kappa shape index (κ3) is 4.57. The van der Waals surface area contributed by atoms with E-state index in [4.69, 9.17) is 9.47 Å². The second-order valence-corrected chi connectivity index (χ2v) is 6.66. The zero-order valence-corrected chi connectivity index (χ0v) is 15.6. The minimum atomic E-state index is -0.545. The SMILES string of the molecule is CCOc1ccccc1CNC(=O)C(C)Oc1ccc2c(c1)CCCC2. The summed E-state index contributed by atoms with van der Waals surface area (Å²) in [5.74, 6) is 1.44. The fourth-order valence-electron chi connectivity index (χ4n) is 3.31. The molecule has 0 saturated carbocycles. The van der Waals surface area contributed by atoms with E-state index in [0.29, 0.717) is 13.2 Å². The largest absolute Gasteiger partial charge is 0.494 e. The summed E-state index contributed by atoms with van der Waals surface area (Å²) in [5, 5.41) is 2.94. The zero-order valence-electron chi connectivity index (χ0n) is 15.6. The first-order chi connectivity index (χ1) is 12.7. The van der Waals surface area contributed by atoms with Crippen molar-refractivity contribution in [1.29, 1.82) is 0 Å². The molecule has 0 radical (unpaired) electrons. The van der Waals surface area contributed by atoms with Crippen LogP contribution in [0.2, 0.25) is 0 Å². The van der Waals surface area contributed by atoms with E-state index in [9.17, 15) is 4.79 Å². The minimum Gasteiger partial charge on any atom is -0.494 e. The lowest BCUT2D eigenvalue weighted by Crippen LogP contribution is -2.36. The number of fused-ring (bicyclic) bond motifs is 1. The predicted octanol–water partition coefficient (Wildman–Crippen LogP) is 4.05. The number of hydrogen-bond donors (Lipinski definition) is 1. The second-order valence-electron chi connectivity index (χ2n) is 6.66. The van der Waals surface area contributed by atoms with Gasteiger partial charge in [0.15, 0.2) is 6.10 Å². The molecule has 1 amide bonds. The molecule has 0 heterocycles. The van der Waals surface area contributed by atoms with Gasteiger partial charge in [-0.1, -0.05) is 24.3 Å². The standard InChI is InChI=1S/C22H27NO3/c1-3-25-21-11-7-6-10-19(21)15-23-22(24)16(2)26-20-13-12-17-8-4-5-9-18(17)14-20/h6-7,10-14,16H,3-5,8-9,15H2,1-2H3,(H,23,24). The number of carbonyl (C=O) groups excluding carboxylic acids is 1. The monoisotopic (exact) mass is 353 g/mol. The van der Waals surface area contributed by atoms with Gasteiger partial charge in [0, 0.05) is 12.1 Å². The Kier molecular flexibility index (Phi) is 6.16. The molecule has 4 nitrogen and oxygen atoms in total. The Morgan fingerprint density at radius 1 is 1.12 bits per heavy atom. The fourth-order valence-corrected chi connectivity index (χ4v) is 3.31. The van der Waals surface area contributed by atoms with Crippen molar-refractivity contribution >= 4 is 5.91 Å². The van der Waals surface area contributed by atoms with Gasteiger partial charge in [-0.15, -0.1) is 0 Å². The molecule has 138 valence electrons. The topological polar surface area (TPSA) is 47.6 Å². The average molecular weight is 353 g/mol. The normalized spacial score (nSPS) is 14.2. The summed E-state index contributed by atoms with van der Waals surface area (Å²) < 4.78 is 11.5. The van der Waals surface area contributed by atoms with Crippen molar-refractivity contribution in [3.05, 3.63) is 59.2 Å². The molecular weight excluding hydrogens is 326 g/mol. The van der Waals surface area contributed by atoms with Gasteiger partial charge in [-0.3, -0.25) is 4.79 Å². The van der Waals surface area contributed by atoms with E-state index < -0.39 is 6.10 Å². The summed E-state index contributed by atoms with van der Waals surface area (Å²) in [4.78, 5) is 12.4. The van der Waals surface area contributed by atoms with Crippen molar-refractivity contribution in [2.45, 2.75) is 52.2 Å². The van der Waals surface area contributed by atoms with Crippen LogP contribution in [0.25, 0.3) is 0 Å². The van der Waals surface area contributed by atoms with E-state index in [1.807, 2.05) is 37.3 Å². The van der Waals surface area contributed by atoms with Gasteiger partial charge in [-0.25, -0.2) is 0 Å². The summed E-state index contributed by atoms with van der Waals surface area (Å²) in [7, 11) is 0. The summed E-state index contributed by atoms with van der Waals surface area (Å²) >= 11 is 0. The van der Waals surface area contributed by atoms with Gasteiger partial charge in [-0.05, 0) is 68.9 Å². The molecule has 0 fully saturated rings. The van der Waals surface area contributed by atoms with Gasteiger partial charge in [0.2, 0.25) is 0 Å². The molecule has 2 aromatic rings. The highest BCUT2D eigenvalue weighted by atomic mass is 16.5. The molecule has 1 N–H and O–H groups in total. The molecule has 0 bridgehead atoms. The quantitative estimate of drug-likeness (QED) is 0.817. The number of aryl methyl sites for hydroxylation is 2. The van der Waals surface area contributed by atoms with Crippen LogP contribution in [0.5, 0.6) is 11.5 Å². The molecule has 4 heteroatoms. The van der Waals surface area contributed by atoms with Crippen LogP contribution < -0.4 is 14.8 Å². The van der Waals surface area contributed by atoms with Gasteiger partial charge in [0.1, 0.15) is 11.5 Å². The van der Waals surface area contributed by atoms with Crippen LogP contribution in [-0.2, 0) is 24.2 Å². The van der Waals surface area contributed by atoms with E-state index >= 15 is 0 Å². The van der Waals surface area contributed by atoms with Crippen molar-refractivity contribution in [2.24, 2.45) is 0 Å². The van der Waals surface area contributed by atoms with Gasteiger partial charge < -0.3 is 14.8 Å².